The molecule has 1 unspecified atom stereocenters. The Hall–Kier alpha value is -1.94. The molecule has 2 heterocycles. The lowest BCUT2D eigenvalue weighted by atomic mass is 9.92. The zero-order chi connectivity index (χ0) is 17.0. The Labute approximate surface area is 132 Å². The molecule has 126 valence electrons. The second-order valence-electron chi connectivity index (χ2n) is 6.19. The van der Waals surface area contributed by atoms with Gasteiger partial charge < -0.3 is 10.2 Å². The summed E-state index contributed by atoms with van der Waals surface area (Å²) in [5, 5.41) is 24.1. The highest BCUT2D eigenvalue weighted by Crippen LogP contribution is 2.59. The second-order valence-corrected chi connectivity index (χ2v) is 8.07. The highest BCUT2D eigenvalue weighted by atomic mass is 32.2. The van der Waals surface area contributed by atoms with Gasteiger partial charge in [-0.15, -0.1) is 0 Å². The lowest BCUT2D eigenvalue weighted by molar-refractivity contribution is -0.139. The number of carboxylic acid groups (broad SMARTS) is 2. The third-order valence-electron chi connectivity index (χ3n) is 4.90. The first-order valence-electron chi connectivity index (χ1n) is 7.20. The van der Waals surface area contributed by atoms with Crippen LogP contribution in [0.3, 0.4) is 0 Å². The van der Waals surface area contributed by atoms with Gasteiger partial charge in [0.15, 0.2) is 5.69 Å². The normalized spacial score (nSPS) is 23.8. The molecule has 1 spiro atoms. The Balaban J connectivity index is 1.82. The number of piperidine rings is 1. The fraction of sp³-hybridized carbons (Fsp3) is 0.615. The second kappa shape index (κ2) is 5.03. The van der Waals surface area contributed by atoms with Crippen molar-refractivity contribution in [2.24, 2.45) is 11.3 Å². The highest BCUT2D eigenvalue weighted by Gasteiger charge is 2.59. The van der Waals surface area contributed by atoms with Crippen LogP contribution >= 0.6 is 0 Å². The van der Waals surface area contributed by atoms with Crippen LogP contribution in [0.2, 0.25) is 0 Å². The van der Waals surface area contributed by atoms with Gasteiger partial charge in [-0.2, -0.15) is 9.40 Å². The summed E-state index contributed by atoms with van der Waals surface area (Å²) in [5.41, 5.74) is -0.631. The van der Waals surface area contributed by atoms with Crippen LogP contribution in [0.25, 0.3) is 0 Å². The SMILES string of the molecule is Cc1[nH]nc(C(=O)O)c1S(=O)(=O)N1CCC2(CC1)CC2C(=O)O. The number of aromatic nitrogens is 2. The molecule has 2 fully saturated rings. The zero-order valence-corrected chi connectivity index (χ0v) is 13.3. The summed E-state index contributed by atoms with van der Waals surface area (Å²) in [6.45, 7) is 1.84. The summed E-state index contributed by atoms with van der Waals surface area (Å²) < 4.78 is 26.7. The van der Waals surface area contributed by atoms with Crippen molar-refractivity contribution in [3.8, 4) is 0 Å². The molecule has 1 atom stereocenters. The van der Waals surface area contributed by atoms with Crippen LogP contribution in [0.4, 0.5) is 0 Å². The molecule has 0 radical (unpaired) electrons. The first kappa shape index (κ1) is 15.9. The van der Waals surface area contributed by atoms with E-state index in [4.69, 9.17) is 10.2 Å². The van der Waals surface area contributed by atoms with Gasteiger partial charge in [0.25, 0.3) is 0 Å². The largest absolute Gasteiger partial charge is 0.481 e. The topological polar surface area (TPSA) is 141 Å². The van der Waals surface area contributed by atoms with E-state index in [-0.39, 0.29) is 29.1 Å². The van der Waals surface area contributed by atoms with Crippen LogP contribution < -0.4 is 0 Å². The summed E-state index contributed by atoms with van der Waals surface area (Å²) >= 11 is 0. The monoisotopic (exact) mass is 343 g/mol. The van der Waals surface area contributed by atoms with Crippen molar-refractivity contribution < 1.29 is 28.2 Å². The van der Waals surface area contributed by atoms with E-state index in [1.165, 1.54) is 11.2 Å². The van der Waals surface area contributed by atoms with E-state index in [2.05, 4.69) is 10.2 Å². The van der Waals surface area contributed by atoms with Crippen molar-refractivity contribution >= 4 is 22.0 Å². The molecule has 3 N–H and O–H groups in total. The van der Waals surface area contributed by atoms with Crippen LogP contribution in [-0.2, 0) is 14.8 Å². The summed E-state index contributed by atoms with van der Waals surface area (Å²) in [6, 6.07) is 0. The summed E-state index contributed by atoms with van der Waals surface area (Å²) in [4.78, 5) is 21.9. The molecule has 10 heteroatoms. The van der Waals surface area contributed by atoms with Gasteiger partial charge in [0, 0.05) is 13.1 Å². The van der Waals surface area contributed by atoms with Gasteiger partial charge in [-0.05, 0) is 31.6 Å². The van der Waals surface area contributed by atoms with Crippen molar-refractivity contribution in [3.63, 3.8) is 0 Å². The van der Waals surface area contributed by atoms with E-state index in [0.717, 1.165) is 0 Å². The van der Waals surface area contributed by atoms with Crippen molar-refractivity contribution in [3.05, 3.63) is 11.4 Å². The molecule has 0 amide bonds. The van der Waals surface area contributed by atoms with Gasteiger partial charge >= 0.3 is 11.9 Å². The molecule has 1 aliphatic carbocycles. The number of aromatic amines is 1. The van der Waals surface area contributed by atoms with E-state index < -0.39 is 33.6 Å². The van der Waals surface area contributed by atoms with Gasteiger partial charge in [-0.25, -0.2) is 13.2 Å². The smallest absolute Gasteiger partial charge is 0.357 e. The van der Waals surface area contributed by atoms with Crippen LogP contribution in [0, 0.1) is 18.3 Å². The lowest BCUT2D eigenvalue weighted by Crippen LogP contribution is -2.40. The third-order valence-corrected chi connectivity index (χ3v) is 6.96. The first-order valence-corrected chi connectivity index (χ1v) is 8.64. The molecular weight excluding hydrogens is 326 g/mol. The average molecular weight is 343 g/mol. The molecule has 0 bridgehead atoms. The Bertz CT molecular complexity index is 776. The number of carbonyl (C=O) groups is 2. The fourth-order valence-corrected chi connectivity index (χ4v) is 5.16. The van der Waals surface area contributed by atoms with Gasteiger partial charge in [0.1, 0.15) is 4.90 Å². The van der Waals surface area contributed by atoms with E-state index >= 15 is 0 Å². The highest BCUT2D eigenvalue weighted by molar-refractivity contribution is 7.89. The van der Waals surface area contributed by atoms with Crippen molar-refractivity contribution in [2.45, 2.75) is 31.1 Å². The predicted molar refractivity (Wildman–Crippen MR) is 76.5 cm³/mol. The molecular formula is C13H17N3O6S. The van der Waals surface area contributed by atoms with Crippen molar-refractivity contribution in [2.75, 3.05) is 13.1 Å². The molecule has 1 saturated carbocycles. The van der Waals surface area contributed by atoms with E-state index in [9.17, 15) is 18.0 Å². The summed E-state index contributed by atoms with van der Waals surface area (Å²) in [7, 11) is -3.97. The van der Waals surface area contributed by atoms with Crippen LogP contribution in [0.1, 0.15) is 35.4 Å². The molecule has 1 aromatic heterocycles. The number of hydrogen-bond acceptors (Lipinski definition) is 5. The Morgan fingerprint density at radius 1 is 1.30 bits per heavy atom. The van der Waals surface area contributed by atoms with Gasteiger partial charge in [0.05, 0.1) is 11.6 Å². The summed E-state index contributed by atoms with van der Waals surface area (Å²) in [5.74, 6) is -2.63. The summed E-state index contributed by atoms with van der Waals surface area (Å²) in [6.07, 6.45) is 1.53. The number of H-pyrrole nitrogens is 1. The van der Waals surface area contributed by atoms with Gasteiger partial charge in [-0.1, -0.05) is 0 Å². The van der Waals surface area contributed by atoms with E-state index in [1.807, 2.05) is 0 Å². The Morgan fingerprint density at radius 3 is 2.39 bits per heavy atom. The quantitative estimate of drug-likeness (QED) is 0.713. The number of carboxylic acids is 2. The molecule has 1 aromatic rings. The molecule has 9 nitrogen and oxygen atoms in total. The zero-order valence-electron chi connectivity index (χ0n) is 12.4. The van der Waals surface area contributed by atoms with Crippen molar-refractivity contribution in [1.29, 1.82) is 0 Å². The van der Waals surface area contributed by atoms with Crippen LogP contribution in [0.15, 0.2) is 4.90 Å². The average Bonchev–Trinajstić information content (AvgIpc) is 3.01. The van der Waals surface area contributed by atoms with E-state index in [0.29, 0.717) is 19.3 Å². The maximum absolute atomic E-state index is 12.7. The van der Waals surface area contributed by atoms with E-state index in [1.54, 1.807) is 0 Å². The Morgan fingerprint density at radius 2 is 1.91 bits per heavy atom. The molecule has 23 heavy (non-hydrogen) atoms. The number of rotatable bonds is 4. The molecule has 3 rings (SSSR count). The molecule has 1 aliphatic heterocycles. The lowest BCUT2D eigenvalue weighted by Gasteiger charge is -2.31. The minimum Gasteiger partial charge on any atom is -0.481 e. The molecule has 1 saturated heterocycles. The first-order chi connectivity index (χ1) is 10.7. The number of hydrogen-bond donors (Lipinski definition) is 3. The standard InChI is InChI=1S/C13H17N3O6S/c1-7-10(9(12(19)20)15-14-7)23(21,22)16-4-2-13(3-5-16)6-8(13)11(17)18/h8H,2-6H2,1H3,(H,14,15)(H,17,18)(H,19,20). The Kier molecular flexibility index (Phi) is 3.49. The number of nitrogens with zero attached hydrogens (tertiary/aromatic N) is 2. The minimum absolute atomic E-state index is 0.178. The molecule has 0 aromatic carbocycles. The fourth-order valence-electron chi connectivity index (χ4n) is 3.43. The van der Waals surface area contributed by atoms with Gasteiger partial charge in [-0.3, -0.25) is 9.89 Å². The minimum atomic E-state index is -3.97. The number of aliphatic carboxylic acids is 1. The third kappa shape index (κ3) is 2.41. The number of aromatic carboxylic acids is 1. The molecule has 2 aliphatic rings. The van der Waals surface area contributed by atoms with Crippen LogP contribution in [0.5, 0.6) is 0 Å². The maximum atomic E-state index is 12.7. The van der Waals surface area contributed by atoms with Gasteiger partial charge in [0.2, 0.25) is 10.0 Å². The number of sulfonamides is 1. The van der Waals surface area contributed by atoms with Crippen LogP contribution in [-0.4, -0.2) is 58.2 Å². The maximum Gasteiger partial charge on any atom is 0.357 e. The predicted octanol–water partition coefficient (Wildman–Crippen LogP) is 0.292. The van der Waals surface area contributed by atoms with Crippen molar-refractivity contribution in [1.82, 2.24) is 14.5 Å². The number of aryl methyl sites for hydroxylation is 1. The number of nitrogens with one attached hydrogen (secondary N) is 1.